The van der Waals surface area contributed by atoms with Crippen molar-refractivity contribution in [3.63, 3.8) is 0 Å². The molecule has 0 aliphatic heterocycles. The molecule has 98 valence electrons. The lowest BCUT2D eigenvalue weighted by Crippen LogP contribution is -3.68. The molecule has 2 atom stereocenters. The van der Waals surface area contributed by atoms with Gasteiger partial charge in [0.2, 0.25) is 0 Å². The van der Waals surface area contributed by atoms with E-state index in [2.05, 4.69) is 0 Å². The van der Waals surface area contributed by atoms with E-state index in [1.807, 2.05) is 0 Å². The fraction of sp³-hybridized carbons (Fsp3) is 0.929. The molecule has 0 saturated heterocycles. The summed E-state index contributed by atoms with van der Waals surface area (Å²) in [6.07, 6.45) is 12.2. The van der Waals surface area contributed by atoms with Crippen LogP contribution >= 0.6 is 0 Å². The number of carbonyl (C=O) groups excluding carboxylic acids is 1. The second kappa shape index (κ2) is 6.95. The third-order valence-corrected chi connectivity index (χ3v) is 8.45. The Hall–Kier alpha value is 0.200. The summed E-state index contributed by atoms with van der Waals surface area (Å²) in [6, 6.07) is 0. The smallest absolute Gasteiger partial charge is 0.308 e. The Labute approximate surface area is 115 Å². The quantitative estimate of drug-likeness (QED) is 0.411. The van der Waals surface area contributed by atoms with E-state index in [1.54, 1.807) is 0 Å². The normalized spacial score (nSPS) is 31.1. The van der Waals surface area contributed by atoms with Crippen molar-refractivity contribution in [3.05, 3.63) is 0 Å². The number of rotatable bonds is 3. The van der Waals surface area contributed by atoms with Crippen LogP contribution in [0.5, 0.6) is 0 Å². The zero-order chi connectivity index (χ0) is 12.1. The van der Waals surface area contributed by atoms with Crippen molar-refractivity contribution in [2.24, 2.45) is 5.92 Å². The second-order valence-electron chi connectivity index (χ2n) is 5.35. The summed E-state index contributed by atoms with van der Waals surface area (Å²) in [4.78, 5) is 11.6. The van der Waals surface area contributed by atoms with Crippen molar-refractivity contribution in [1.82, 2.24) is 0 Å². The van der Waals surface area contributed by atoms with Gasteiger partial charge in [0.1, 0.15) is 0 Å². The molecule has 17 heavy (non-hydrogen) atoms. The Bertz CT molecular complexity index is 249. The van der Waals surface area contributed by atoms with E-state index >= 15 is 0 Å². The van der Waals surface area contributed by atoms with Crippen molar-refractivity contribution in [1.29, 1.82) is 0 Å². The number of hydrogen-bond acceptors (Lipinski definition) is 2. The number of ether oxygens (including phenoxy) is 1. The Kier molecular flexibility index (Phi) is 5.57. The first-order valence-electron chi connectivity index (χ1n) is 6.99. The zero-order valence-electron chi connectivity index (χ0n) is 10.8. The number of hydrogen-bond donors (Lipinski definition) is 0. The number of carbonyl (C=O) groups is 1. The molecule has 2 unspecified atom stereocenters. The van der Waals surface area contributed by atoms with Gasteiger partial charge in [-0.25, -0.2) is 0 Å². The average Bonchev–Trinajstić information content (AvgIpc) is 2.39. The van der Waals surface area contributed by atoms with Crippen LogP contribution in [0.4, 0.5) is 0 Å². The highest BCUT2D eigenvalue weighted by molar-refractivity contribution is 5.72. The minimum atomic E-state index is 0.0438. The largest absolute Gasteiger partial charge is 0.469 e. The topological polar surface area (TPSA) is 26.3 Å². The first-order valence-corrected chi connectivity index (χ1v) is 9.48. The first-order chi connectivity index (χ1) is 8.29. The van der Waals surface area contributed by atoms with Crippen LogP contribution in [-0.2, 0) is 9.53 Å². The van der Waals surface area contributed by atoms with Gasteiger partial charge in [-0.2, -0.15) is 0 Å². The third kappa shape index (κ3) is 4.11. The summed E-state index contributed by atoms with van der Waals surface area (Å²) in [7, 11) is 1.53. The van der Waals surface area contributed by atoms with Crippen LogP contribution in [0.3, 0.4) is 0 Å². The van der Waals surface area contributed by atoms with E-state index in [-0.39, 0.29) is 11.9 Å². The molecule has 2 aliphatic carbocycles. The van der Waals surface area contributed by atoms with Crippen LogP contribution in [0.2, 0.25) is 0 Å². The van der Waals surface area contributed by atoms with E-state index in [9.17, 15) is 4.79 Å². The number of alkyl halides is 2. The van der Waals surface area contributed by atoms with E-state index < -0.39 is 0 Å². The number of esters is 1. The van der Waals surface area contributed by atoms with Gasteiger partial charge in [-0.15, -0.1) is 0 Å². The Morgan fingerprint density at radius 1 is 1.00 bits per heavy atom. The summed E-state index contributed by atoms with van der Waals surface area (Å²) in [6.45, 7) is 0. The van der Waals surface area contributed by atoms with Crippen molar-refractivity contribution in [2.75, 3.05) is 7.11 Å². The zero-order valence-corrected chi connectivity index (χ0v) is 12.9. The molecule has 2 fully saturated rings. The van der Waals surface area contributed by atoms with Gasteiger partial charge in [0, 0.05) is 6.42 Å². The van der Waals surface area contributed by atoms with E-state index in [4.69, 9.17) is 4.74 Å². The fourth-order valence-electron chi connectivity index (χ4n) is 3.06. The highest BCUT2D eigenvalue weighted by Gasteiger charge is 2.38. The summed E-state index contributed by atoms with van der Waals surface area (Å²) in [5.74, 6) is 0.268. The van der Waals surface area contributed by atoms with Crippen LogP contribution in [-0.4, -0.2) is 20.9 Å². The van der Waals surface area contributed by atoms with Gasteiger partial charge in [0.05, 0.1) is 13.0 Å². The van der Waals surface area contributed by atoms with Crippen molar-refractivity contribution < 1.29 is 30.7 Å². The molecule has 0 aromatic heterocycles. The highest BCUT2D eigenvalue weighted by atomic mass is 127. The van der Waals surface area contributed by atoms with Crippen molar-refractivity contribution in [2.45, 2.75) is 65.6 Å². The molecule has 2 aliphatic rings. The molecular weight excluding hydrogens is 327 g/mol. The van der Waals surface area contributed by atoms with Gasteiger partial charge >= 0.3 is 5.97 Å². The SMILES string of the molecule is COC(=O)C1CCCC([I+]C2CCCCC2)C1. The van der Waals surface area contributed by atoms with Crippen LogP contribution in [0.1, 0.15) is 57.8 Å². The van der Waals surface area contributed by atoms with E-state index in [0.717, 1.165) is 20.7 Å². The summed E-state index contributed by atoms with van der Waals surface area (Å²) < 4.78 is 6.86. The second-order valence-corrected chi connectivity index (χ2v) is 9.59. The van der Waals surface area contributed by atoms with Crippen LogP contribution in [0, 0.1) is 5.92 Å². The molecule has 2 rings (SSSR count). The number of halogens is 1. The Morgan fingerprint density at radius 3 is 2.41 bits per heavy atom. The molecule has 0 bridgehead atoms. The summed E-state index contributed by atoms with van der Waals surface area (Å²) in [5, 5.41) is 0. The molecule has 0 heterocycles. The maximum atomic E-state index is 11.6. The maximum absolute atomic E-state index is 11.6. The minimum Gasteiger partial charge on any atom is -0.469 e. The molecule has 2 nitrogen and oxygen atoms in total. The van der Waals surface area contributed by atoms with Gasteiger partial charge in [-0.3, -0.25) is 4.79 Å². The Balaban J connectivity index is 1.78. The van der Waals surface area contributed by atoms with Crippen LogP contribution in [0.15, 0.2) is 0 Å². The lowest BCUT2D eigenvalue weighted by Gasteiger charge is -2.23. The fourth-order valence-corrected chi connectivity index (χ4v) is 7.80. The molecule has 2 saturated carbocycles. The molecule has 0 aromatic carbocycles. The molecule has 0 aromatic rings. The standard InChI is InChI=1S/C14H24IO2/c1-17-14(16)11-6-5-9-13(10-11)15-12-7-3-2-4-8-12/h11-13H,2-10H2,1H3/q+1. The maximum Gasteiger partial charge on any atom is 0.308 e. The third-order valence-electron chi connectivity index (χ3n) is 4.04. The molecule has 3 heteroatoms. The minimum absolute atomic E-state index is 0.0438. The summed E-state index contributed by atoms with van der Waals surface area (Å²) in [5.41, 5.74) is 0. The lowest BCUT2D eigenvalue weighted by molar-refractivity contribution is -0.726. The van der Waals surface area contributed by atoms with Crippen LogP contribution < -0.4 is 21.2 Å². The lowest BCUT2D eigenvalue weighted by atomic mass is 9.89. The molecule has 0 amide bonds. The first kappa shape index (κ1) is 13.6. The molecule has 0 radical (unpaired) electrons. The highest BCUT2D eigenvalue weighted by Crippen LogP contribution is 2.23. The predicted octanol–water partition coefficient (Wildman–Crippen LogP) is 0.140. The molecular formula is C14H24IO2+. The average molecular weight is 351 g/mol. The van der Waals surface area contributed by atoms with Gasteiger partial charge in [-0.1, -0.05) is 6.42 Å². The van der Waals surface area contributed by atoms with E-state index in [0.29, 0.717) is 21.2 Å². The summed E-state index contributed by atoms with van der Waals surface area (Å²) >= 11 is 0.317. The molecule has 0 N–H and O–H groups in total. The number of methoxy groups -OCH3 is 1. The van der Waals surface area contributed by atoms with Crippen molar-refractivity contribution >= 4 is 5.97 Å². The van der Waals surface area contributed by atoms with Crippen molar-refractivity contribution in [3.8, 4) is 0 Å². The predicted molar refractivity (Wildman–Crippen MR) is 64.6 cm³/mol. The van der Waals surface area contributed by atoms with Gasteiger partial charge in [-0.05, 0) is 44.9 Å². The van der Waals surface area contributed by atoms with Gasteiger partial charge in [0.25, 0.3) is 21.2 Å². The van der Waals surface area contributed by atoms with Gasteiger partial charge < -0.3 is 4.74 Å². The Morgan fingerprint density at radius 2 is 1.71 bits per heavy atom. The molecule has 0 spiro atoms. The monoisotopic (exact) mass is 351 g/mol. The van der Waals surface area contributed by atoms with Crippen LogP contribution in [0.25, 0.3) is 0 Å². The van der Waals surface area contributed by atoms with Gasteiger partial charge in [0.15, 0.2) is 7.85 Å². The van der Waals surface area contributed by atoms with E-state index in [1.165, 1.54) is 52.1 Å².